The average Bonchev–Trinajstić information content (AvgIpc) is 2.91. The first-order valence-corrected chi connectivity index (χ1v) is 6.49. The first-order chi connectivity index (χ1) is 8.78. The standard InChI is InChI=1S/C14H19NO3/c1-16-9-4-5-10-11(15)8-14(18-13(10)7-9)12-3-2-6-17-12/h4-5,7,11-12,14H,2-3,6,8,15H2,1H3/t11-,12?,14?/m1/s1. The summed E-state index contributed by atoms with van der Waals surface area (Å²) in [5.41, 5.74) is 7.28. The maximum Gasteiger partial charge on any atom is 0.128 e. The molecule has 0 spiro atoms. The predicted molar refractivity (Wildman–Crippen MR) is 67.9 cm³/mol. The molecule has 4 nitrogen and oxygen atoms in total. The largest absolute Gasteiger partial charge is 0.497 e. The third kappa shape index (κ3) is 2.06. The Kier molecular flexibility index (Phi) is 3.14. The Morgan fingerprint density at radius 1 is 1.33 bits per heavy atom. The van der Waals surface area contributed by atoms with E-state index in [1.807, 2.05) is 18.2 Å². The van der Waals surface area contributed by atoms with Crippen LogP contribution in [0.1, 0.15) is 30.9 Å². The van der Waals surface area contributed by atoms with Crippen LogP contribution in [0.25, 0.3) is 0 Å². The summed E-state index contributed by atoms with van der Waals surface area (Å²) >= 11 is 0. The molecule has 0 radical (unpaired) electrons. The molecule has 4 heteroatoms. The van der Waals surface area contributed by atoms with Gasteiger partial charge in [0.2, 0.25) is 0 Å². The van der Waals surface area contributed by atoms with Crippen LogP contribution >= 0.6 is 0 Å². The van der Waals surface area contributed by atoms with Gasteiger partial charge in [-0.1, -0.05) is 6.07 Å². The van der Waals surface area contributed by atoms with Crippen molar-refractivity contribution in [2.75, 3.05) is 13.7 Å². The summed E-state index contributed by atoms with van der Waals surface area (Å²) in [6.45, 7) is 0.838. The Morgan fingerprint density at radius 2 is 2.22 bits per heavy atom. The molecule has 2 unspecified atom stereocenters. The van der Waals surface area contributed by atoms with Crippen molar-refractivity contribution in [3.63, 3.8) is 0 Å². The highest BCUT2D eigenvalue weighted by Gasteiger charge is 2.34. The highest BCUT2D eigenvalue weighted by Crippen LogP contribution is 2.38. The lowest BCUT2D eigenvalue weighted by molar-refractivity contribution is -0.00205. The summed E-state index contributed by atoms with van der Waals surface area (Å²) in [4.78, 5) is 0. The first-order valence-electron chi connectivity index (χ1n) is 6.49. The molecular weight excluding hydrogens is 230 g/mol. The number of hydrogen-bond donors (Lipinski definition) is 1. The van der Waals surface area contributed by atoms with Crippen LogP contribution < -0.4 is 15.2 Å². The number of rotatable bonds is 2. The summed E-state index contributed by atoms with van der Waals surface area (Å²) in [5, 5.41) is 0. The fraction of sp³-hybridized carbons (Fsp3) is 0.571. The fourth-order valence-corrected chi connectivity index (χ4v) is 2.76. The van der Waals surface area contributed by atoms with Crippen molar-refractivity contribution in [3.05, 3.63) is 23.8 Å². The third-order valence-corrected chi connectivity index (χ3v) is 3.76. The predicted octanol–water partition coefficient (Wildman–Crippen LogP) is 2.03. The van der Waals surface area contributed by atoms with E-state index < -0.39 is 0 Å². The molecule has 1 aromatic carbocycles. The van der Waals surface area contributed by atoms with Gasteiger partial charge in [0.1, 0.15) is 17.6 Å². The first kappa shape index (κ1) is 11.8. The highest BCUT2D eigenvalue weighted by molar-refractivity contribution is 5.43. The van der Waals surface area contributed by atoms with Crippen molar-refractivity contribution in [1.82, 2.24) is 0 Å². The normalized spacial score (nSPS) is 30.7. The van der Waals surface area contributed by atoms with Crippen molar-refractivity contribution in [1.29, 1.82) is 0 Å². The number of hydrogen-bond acceptors (Lipinski definition) is 4. The molecule has 2 aliphatic heterocycles. The van der Waals surface area contributed by atoms with E-state index in [1.54, 1.807) is 7.11 Å². The molecule has 1 aromatic rings. The maximum atomic E-state index is 6.22. The zero-order valence-electron chi connectivity index (χ0n) is 10.6. The van der Waals surface area contributed by atoms with Crippen molar-refractivity contribution >= 4 is 0 Å². The van der Waals surface area contributed by atoms with Crippen molar-refractivity contribution in [2.24, 2.45) is 5.73 Å². The topological polar surface area (TPSA) is 53.7 Å². The van der Waals surface area contributed by atoms with Crippen LogP contribution in [-0.2, 0) is 4.74 Å². The average molecular weight is 249 g/mol. The molecular formula is C14H19NO3. The summed E-state index contributed by atoms with van der Waals surface area (Å²) in [6, 6.07) is 5.85. The number of benzene rings is 1. The Bertz CT molecular complexity index is 429. The van der Waals surface area contributed by atoms with Gasteiger partial charge in [-0.05, 0) is 18.9 Å². The number of ether oxygens (including phenoxy) is 3. The van der Waals surface area contributed by atoms with Gasteiger partial charge >= 0.3 is 0 Å². The number of nitrogens with two attached hydrogens (primary N) is 1. The van der Waals surface area contributed by atoms with Gasteiger partial charge in [-0.15, -0.1) is 0 Å². The fourth-order valence-electron chi connectivity index (χ4n) is 2.76. The summed E-state index contributed by atoms with van der Waals surface area (Å²) in [5.74, 6) is 1.64. The zero-order chi connectivity index (χ0) is 12.5. The third-order valence-electron chi connectivity index (χ3n) is 3.76. The molecule has 3 atom stereocenters. The van der Waals surface area contributed by atoms with Crippen molar-refractivity contribution in [3.8, 4) is 11.5 Å². The van der Waals surface area contributed by atoms with Gasteiger partial charge < -0.3 is 19.9 Å². The van der Waals surface area contributed by atoms with Crippen LogP contribution in [0.4, 0.5) is 0 Å². The highest BCUT2D eigenvalue weighted by atomic mass is 16.5. The van der Waals surface area contributed by atoms with Gasteiger partial charge in [0.15, 0.2) is 0 Å². The molecule has 0 amide bonds. The molecule has 98 valence electrons. The van der Waals surface area contributed by atoms with Gasteiger partial charge in [-0.25, -0.2) is 0 Å². The van der Waals surface area contributed by atoms with E-state index in [0.717, 1.165) is 42.9 Å². The number of methoxy groups -OCH3 is 1. The maximum absolute atomic E-state index is 6.22. The van der Waals surface area contributed by atoms with Gasteiger partial charge in [0.05, 0.1) is 13.2 Å². The monoisotopic (exact) mass is 249 g/mol. The Hall–Kier alpha value is -1.26. The van der Waals surface area contributed by atoms with Crippen LogP contribution in [0.3, 0.4) is 0 Å². The van der Waals surface area contributed by atoms with Crippen molar-refractivity contribution in [2.45, 2.75) is 37.5 Å². The minimum atomic E-state index is 0.0221. The molecule has 0 aromatic heterocycles. The molecule has 3 rings (SSSR count). The van der Waals surface area contributed by atoms with Crippen LogP contribution in [0.2, 0.25) is 0 Å². The molecule has 0 bridgehead atoms. The molecule has 1 fully saturated rings. The second-order valence-electron chi connectivity index (χ2n) is 4.95. The number of fused-ring (bicyclic) bond motifs is 1. The Balaban J connectivity index is 1.85. The second-order valence-corrected chi connectivity index (χ2v) is 4.95. The van der Waals surface area contributed by atoms with Gasteiger partial charge in [-0.3, -0.25) is 0 Å². The van der Waals surface area contributed by atoms with Crippen LogP contribution in [-0.4, -0.2) is 25.9 Å². The molecule has 0 aliphatic carbocycles. The van der Waals surface area contributed by atoms with E-state index >= 15 is 0 Å². The van der Waals surface area contributed by atoms with Gasteiger partial charge in [0.25, 0.3) is 0 Å². The second kappa shape index (κ2) is 4.78. The van der Waals surface area contributed by atoms with E-state index in [0.29, 0.717) is 0 Å². The summed E-state index contributed by atoms with van der Waals surface area (Å²) < 4.78 is 17.0. The lowest BCUT2D eigenvalue weighted by Crippen LogP contribution is -2.38. The minimum Gasteiger partial charge on any atom is -0.497 e. The van der Waals surface area contributed by atoms with Gasteiger partial charge in [0, 0.05) is 30.7 Å². The Morgan fingerprint density at radius 3 is 2.94 bits per heavy atom. The van der Waals surface area contributed by atoms with Crippen LogP contribution in [0.5, 0.6) is 11.5 Å². The molecule has 1 saturated heterocycles. The van der Waals surface area contributed by atoms with Crippen LogP contribution in [0.15, 0.2) is 18.2 Å². The SMILES string of the molecule is COc1ccc2c(c1)OC(C1CCCO1)C[C@H]2N. The lowest BCUT2D eigenvalue weighted by Gasteiger charge is -2.33. The molecule has 2 N–H and O–H groups in total. The molecule has 18 heavy (non-hydrogen) atoms. The quantitative estimate of drug-likeness (QED) is 0.871. The molecule has 0 saturated carbocycles. The van der Waals surface area contributed by atoms with E-state index in [4.69, 9.17) is 19.9 Å². The van der Waals surface area contributed by atoms with Gasteiger partial charge in [-0.2, -0.15) is 0 Å². The van der Waals surface area contributed by atoms with E-state index in [9.17, 15) is 0 Å². The molecule has 2 heterocycles. The summed E-state index contributed by atoms with van der Waals surface area (Å²) in [6.07, 6.45) is 3.27. The van der Waals surface area contributed by atoms with Crippen molar-refractivity contribution < 1.29 is 14.2 Å². The van der Waals surface area contributed by atoms with Crippen LogP contribution in [0, 0.1) is 0 Å². The smallest absolute Gasteiger partial charge is 0.128 e. The van der Waals surface area contributed by atoms with E-state index in [2.05, 4.69) is 0 Å². The zero-order valence-corrected chi connectivity index (χ0v) is 10.6. The molecule has 2 aliphatic rings. The van der Waals surface area contributed by atoms with E-state index in [1.165, 1.54) is 0 Å². The lowest BCUT2D eigenvalue weighted by atomic mass is 9.94. The summed E-state index contributed by atoms with van der Waals surface area (Å²) in [7, 11) is 1.65. The Labute approximate surface area is 107 Å². The van der Waals surface area contributed by atoms with E-state index in [-0.39, 0.29) is 18.2 Å². The minimum absolute atomic E-state index is 0.0221.